The van der Waals surface area contributed by atoms with Crippen molar-refractivity contribution >= 4 is 22.5 Å². The van der Waals surface area contributed by atoms with Gasteiger partial charge >= 0.3 is 0 Å². The van der Waals surface area contributed by atoms with Gasteiger partial charge in [-0.2, -0.15) is 10.2 Å². The number of nitro benzene ring substituents is 1. The first-order valence-electron chi connectivity index (χ1n) is 7.97. The summed E-state index contributed by atoms with van der Waals surface area (Å²) in [6.07, 6.45) is 6.30. The largest absolute Gasteiger partial charge is 0.356 e. The summed E-state index contributed by atoms with van der Waals surface area (Å²) < 4.78 is 3.43. The molecule has 9 heteroatoms. The SMILES string of the molecule is O=C(CCn1ncc2ccc([N+](=O)[O-])cc21)NCCCn1cccn1. The molecule has 0 saturated carbocycles. The topological polar surface area (TPSA) is 108 Å². The van der Waals surface area contributed by atoms with Gasteiger partial charge in [-0.05, 0) is 18.6 Å². The maximum Gasteiger partial charge on any atom is 0.271 e. The maximum absolute atomic E-state index is 11.9. The number of rotatable bonds is 8. The third-order valence-electron chi connectivity index (χ3n) is 3.84. The predicted octanol–water partition coefficient (Wildman–Crippen LogP) is 1.74. The van der Waals surface area contributed by atoms with E-state index in [9.17, 15) is 14.9 Å². The molecule has 0 spiro atoms. The number of aromatic nitrogens is 4. The zero-order valence-corrected chi connectivity index (χ0v) is 13.5. The van der Waals surface area contributed by atoms with Crippen molar-refractivity contribution in [2.24, 2.45) is 0 Å². The van der Waals surface area contributed by atoms with E-state index < -0.39 is 4.92 Å². The van der Waals surface area contributed by atoms with Crippen LogP contribution in [0.3, 0.4) is 0 Å². The highest BCUT2D eigenvalue weighted by Crippen LogP contribution is 2.20. The van der Waals surface area contributed by atoms with Crippen molar-refractivity contribution in [1.29, 1.82) is 0 Å². The van der Waals surface area contributed by atoms with E-state index in [1.165, 1.54) is 12.1 Å². The van der Waals surface area contributed by atoms with Crippen molar-refractivity contribution < 1.29 is 9.72 Å². The van der Waals surface area contributed by atoms with Gasteiger partial charge in [0.2, 0.25) is 5.91 Å². The standard InChI is InChI=1S/C16H18N6O3/c23-16(17-6-1-8-20-9-2-7-18-20)5-10-21-15-11-14(22(24)25)4-3-13(15)12-19-21/h2-4,7,9,11-12H,1,5-6,8,10H2,(H,17,23). The zero-order valence-electron chi connectivity index (χ0n) is 13.5. The molecule has 1 aromatic carbocycles. The summed E-state index contributed by atoms with van der Waals surface area (Å²) in [4.78, 5) is 22.4. The minimum atomic E-state index is -0.441. The normalized spacial score (nSPS) is 10.9. The summed E-state index contributed by atoms with van der Waals surface area (Å²) in [5.41, 5.74) is 0.665. The number of carbonyl (C=O) groups is 1. The Morgan fingerprint density at radius 1 is 1.28 bits per heavy atom. The summed E-state index contributed by atoms with van der Waals surface area (Å²) in [6, 6.07) is 6.44. The molecular formula is C16H18N6O3. The van der Waals surface area contributed by atoms with Crippen molar-refractivity contribution in [1.82, 2.24) is 24.9 Å². The Bertz CT molecular complexity index is 871. The third-order valence-corrected chi connectivity index (χ3v) is 3.84. The number of nitro groups is 1. The molecule has 1 amide bonds. The highest BCUT2D eigenvalue weighted by molar-refractivity contribution is 5.81. The van der Waals surface area contributed by atoms with Crippen LogP contribution in [0.15, 0.2) is 42.9 Å². The van der Waals surface area contributed by atoms with Crippen molar-refractivity contribution in [3.63, 3.8) is 0 Å². The van der Waals surface area contributed by atoms with E-state index in [2.05, 4.69) is 15.5 Å². The van der Waals surface area contributed by atoms with Gasteiger partial charge in [0.15, 0.2) is 0 Å². The van der Waals surface area contributed by atoms with Crippen LogP contribution < -0.4 is 5.32 Å². The number of amides is 1. The molecular weight excluding hydrogens is 324 g/mol. The molecule has 2 heterocycles. The summed E-state index contributed by atoms with van der Waals surface area (Å²) >= 11 is 0. The molecule has 0 radical (unpaired) electrons. The lowest BCUT2D eigenvalue weighted by atomic mass is 10.2. The van der Waals surface area contributed by atoms with Crippen LogP contribution in [0.2, 0.25) is 0 Å². The first-order chi connectivity index (χ1) is 12.1. The van der Waals surface area contributed by atoms with E-state index in [1.54, 1.807) is 23.1 Å². The number of hydrogen-bond acceptors (Lipinski definition) is 5. The molecule has 3 aromatic rings. The molecule has 2 aromatic heterocycles. The summed E-state index contributed by atoms with van der Waals surface area (Å²) in [7, 11) is 0. The Morgan fingerprint density at radius 2 is 2.16 bits per heavy atom. The Hall–Kier alpha value is -3.23. The molecule has 0 aliphatic heterocycles. The average Bonchev–Trinajstić information content (AvgIpc) is 3.26. The number of non-ortho nitro benzene ring substituents is 1. The average molecular weight is 342 g/mol. The van der Waals surface area contributed by atoms with Gasteiger partial charge in [0.25, 0.3) is 5.69 Å². The Labute approximate surface area is 143 Å². The number of carbonyl (C=O) groups excluding carboxylic acids is 1. The molecule has 25 heavy (non-hydrogen) atoms. The number of fused-ring (bicyclic) bond motifs is 1. The second kappa shape index (κ2) is 7.56. The molecule has 9 nitrogen and oxygen atoms in total. The number of hydrogen-bond donors (Lipinski definition) is 1. The van der Waals surface area contributed by atoms with Crippen molar-refractivity contribution in [3.05, 3.63) is 53.0 Å². The fraction of sp³-hybridized carbons (Fsp3) is 0.312. The van der Waals surface area contributed by atoms with Crippen LogP contribution in [0.25, 0.3) is 10.9 Å². The van der Waals surface area contributed by atoms with Crippen LogP contribution in [0.4, 0.5) is 5.69 Å². The monoisotopic (exact) mass is 342 g/mol. The molecule has 0 aliphatic carbocycles. The van der Waals surface area contributed by atoms with E-state index in [4.69, 9.17) is 0 Å². The van der Waals surface area contributed by atoms with Gasteiger partial charge in [-0.1, -0.05) is 0 Å². The summed E-state index contributed by atoms with van der Waals surface area (Å²) in [6.45, 7) is 1.69. The quantitative estimate of drug-likeness (QED) is 0.381. The summed E-state index contributed by atoms with van der Waals surface area (Å²) in [5, 5.41) is 22.8. The number of nitrogens with one attached hydrogen (secondary N) is 1. The van der Waals surface area contributed by atoms with E-state index in [-0.39, 0.29) is 18.0 Å². The lowest BCUT2D eigenvalue weighted by molar-refractivity contribution is -0.384. The molecule has 0 saturated heterocycles. The fourth-order valence-corrected chi connectivity index (χ4v) is 2.55. The minimum absolute atomic E-state index is 0.0114. The Kier molecular flexibility index (Phi) is 5.03. The lowest BCUT2D eigenvalue weighted by Gasteiger charge is -2.06. The van der Waals surface area contributed by atoms with Gasteiger partial charge in [0.05, 0.1) is 23.2 Å². The maximum atomic E-state index is 11.9. The lowest BCUT2D eigenvalue weighted by Crippen LogP contribution is -2.26. The predicted molar refractivity (Wildman–Crippen MR) is 90.9 cm³/mol. The van der Waals surface area contributed by atoms with Gasteiger partial charge in [-0.3, -0.25) is 24.3 Å². The van der Waals surface area contributed by atoms with Crippen LogP contribution in [-0.2, 0) is 17.9 Å². The molecule has 0 bridgehead atoms. The van der Waals surface area contributed by atoms with E-state index in [0.717, 1.165) is 18.4 Å². The van der Waals surface area contributed by atoms with Crippen molar-refractivity contribution in [2.75, 3.05) is 6.54 Å². The molecule has 0 unspecified atom stereocenters. The zero-order chi connectivity index (χ0) is 17.6. The highest BCUT2D eigenvalue weighted by Gasteiger charge is 2.11. The summed E-state index contributed by atoms with van der Waals surface area (Å²) in [5.74, 6) is -0.0745. The first-order valence-corrected chi connectivity index (χ1v) is 7.97. The Morgan fingerprint density at radius 3 is 2.92 bits per heavy atom. The Balaban J connectivity index is 1.49. The highest BCUT2D eigenvalue weighted by atomic mass is 16.6. The number of nitrogens with zero attached hydrogens (tertiary/aromatic N) is 5. The van der Waals surface area contributed by atoms with Gasteiger partial charge in [0.1, 0.15) is 0 Å². The van der Waals surface area contributed by atoms with Crippen molar-refractivity contribution in [2.45, 2.75) is 25.9 Å². The molecule has 3 rings (SSSR count). The van der Waals surface area contributed by atoms with E-state index in [0.29, 0.717) is 18.6 Å². The number of benzene rings is 1. The second-order valence-corrected chi connectivity index (χ2v) is 5.59. The van der Waals surface area contributed by atoms with Gasteiger partial charge in [0, 0.05) is 49.4 Å². The van der Waals surface area contributed by atoms with Crippen LogP contribution in [0.5, 0.6) is 0 Å². The molecule has 130 valence electrons. The van der Waals surface area contributed by atoms with Crippen molar-refractivity contribution in [3.8, 4) is 0 Å². The first kappa shape index (κ1) is 16.6. The second-order valence-electron chi connectivity index (χ2n) is 5.59. The molecule has 0 aliphatic rings. The molecule has 0 fully saturated rings. The van der Waals surface area contributed by atoms with Gasteiger partial charge in [-0.15, -0.1) is 0 Å². The van der Waals surface area contributed by atoms with E-state index >= 15 is 0 Å². The van der Waals surface area contributed by atoms with Crippen LogP contribution in [-0.4, -0.2) is 36.9 Å². The third kappa shape index (κ3) is 4.19. The molecule has 1 N–H and O–H groups in total. The van der Waals surface area contributed by atoms with Crippen LogP contribution in [0.1, 0.15) is 12.8 Å². The van der Waals surface area contributed by atoms with Crippen LogP contribution in [0, 0.1) is 10.1 Å². The van der Waals surface area contributed by atoms with E-state index in [1.807, 2.05) is 16.9 Å². The number of aryl methyl sites for hydroxylation is 2. The smallest absolute Gasteiger partial charge is 0.271 e. The van der Waals surface area contributed by atoms with Crippen LogP contribution >= 0.6 is 0 Å². The van der Waals surface area contributed by atoms with Gasteiger partial charge in [-0.25, -0.2) is 0 Å². The molecule has 0 atom stereocenters. The fourth-order valence-electron chi connectivity index (χ4n) is 2.55. The minimum Gasteiger partial charge on any atom is -0.356 e. The van der Waals surface area contributed by atoms with Gasteiger partial charge < -0.3 is 5.32 Å².